The fraction of sp³-hybridized carbons (Fsp3) is 0.185. The predicted molar refractivity (Wildman–Crippen MR) is 124 cm³/mol. The maximum atomic E-state index is 13.0. The molecule has 1 heterocycles. The minimum Gasteiger partial charge on any atom is -0.493 e. The van der Waals surface area contributed by atoms with Crippen LogP contribution in [0.2, 0.25) is 0 Å². The van der Waals surface area contributed by atoms with Crippen LogP contribution in [0.25, 0.3) is 10.8 Å². The third kappa shape index (κ3) is 5.36. The van der Waals surface area contributed by atoms with Crippen molar-refractivity contribution >= 4 is 16.6 Å². The summed E-state index contributed by atoms with van der Waals surface area (Å²) < 4.78 is 5.85. The Morgan fingerprint density at radius 1 is 0.903 bits per heavy atom. The summed E-state index contributed by atoms with van der Waals surface area (Å²) in [5, 5.41) is 2.15. The number of fused-ring (bicyclic) bond motifs is 1. The van der Waals surface area contributed by atoms with Gasteiger partial charge in [0.1, 0.15) is 11.5 Å². The van der Waals surface area contributed by atoms with Gasteiger partial charge >= 0.3 is 0 Å². The van der Waals surface area contributed by atoms with Gasteiger partial charge in [-0.15, -0.1) is 0 Å². The van der Waals surface area contributed by atoms with Gasteiger partial charge in [-0.05, 0) is 40.3 Å². The lowest BCUT2D eigenvalue weighted by molar-refractivity contribution is -0.119. The molecule has 0 aliphatic carbocycles. The molecule has 0 saturated heterocycles. The van der Waals surface area contributed by atoms with Crippen LogP contribution in [0.3, 0.4) is 0 Å². The summed E-state index contributed by atoms with van der Waals surface area (Å²) in [5.74, 6) is 0.589. The molecule has 1 atom stereocenters. The van der Waals surface area contributed by atoms with Crippen LogP contribution >= 0.6 is 0 Å². The average Bonchev–Trinajstić information content (AvgIpc) is 2.81. The van der Waals surface area contributed by atoms with Gasteiger partial charge in [-0.2, -0.15) is 0 Å². The Balaban J connectivity index is 1.37. The average molecular weight is 411 g/mol. The Morgan fingerprint density at radius 2 is 1.71 bits per heavy atom. The highest BCUT2D eigenvalue weighted by Crippen LogP contribution is 2.23. The van der Waals surface area contributed by atoms with Crippen molar-refractivity contribution in [3.8, 4) is 5.75 Å². The van der Waals surface area contributed by atoms with Crippen molar-refractivity contribution in [2.75, 3.05) is 13.2 Å². The largest absolute Gasteiger partial charge is 0.493 e. The zero-order valence-corrected chi connectivity index (χ0v) is 17.4. The van der Waals surface area contributed by atoms with E-state index >= 15 is 0 Å². The van der Waals surface area contributed by atoms with Crippen molar-refractivity contribution in [2.24, 2.45) is 5.73 Å². The molecule has 4 aromatic rings. The standard InChI is InChI=1S/C27H26N2O2/c28-18-26(27(30)17-21-6-7-24-19-29-14-12-23(24)16-21)22-8-10-25(11-9-22)31-15-13-20-4-2-1-3-5-20/h1-12,14,16,19,26H,13,15,17-18,28H2. The van der Waals surface area contributed by atoms with Crippen LogP contribution in [0, 0.1) is 0 Å². The van der Waals surface area contributed by atoms with Gasteiger partial charge in [-0.1, -0.05) is 60.7 Å². The molecule has 0 saturated carbocycles. The number of rotatable bonds is 9. The number of nitrogens with zero attached hydrogens (tertiary/aromatic N) is 1. The summed E-state index contributed by atoms with van der Waals surface area (Å²) in [7, 11) is 0. The number of pyridine rings is 1. The number of carbonyl (C=O) groups is 1. The minimum atomic E-state index is -0.327. The summed E-state index contributed by atoms with van der Waals surface area (Å²) >= 11 is 0. The predicted octanol–water partition coefficient (Wildman–Crippen LogP) is 4.71. The Labute approximate surface area is 182 Å². The molecule has 0 fully saturated rings. The quantitative estimate of drug-likeness (QED) is 0.434. The molecule has 4 nitrogen and oxygen atoms in total. The highest BCUT2D eigenvalue weighted by atomic mass is 16.5. The van der Waals surface area contributed by atoms with E-state index in [1.165, 1.54) is 5.56 Å². The normalized spacial score (nSPS) is 11.9. The highest BCUT2D eigenvalue weighted by molar-refractivity contribution is 5.89. The van der Waals surface area contributed by atoms with E-state index < -0.39 is 0 Å². The molecular weight excluding hydrogens is 384 g/mol. The maximum Gasteiger partial charge on any atom is 0.145 e. The van der Waals surface area contributed by atoms with Crippen molar-refractivity contribution in [3.63, 3.8) is 0 Å². The van der Waals surface area contributed by atoms with Crippen LogP contribution in [0.5, 0.6) is 5.75 Å². The fourth-order valence-electron chi connectivity index (χ4n) is 3.75. The molecule has 0 spiro atoms. The van der Waals surface area contributed by atoms with Gasteiger partial charge < -0.3 is 10.5 Å². The number of hydrogen-bond acceptors (Lipinski definition) is 4. The van der Waals surface area contributed by atoms with Gasteiger partial charge in [0.2, 0.25) is 0 Å². The molecule has 0 aliphatic rings. The zero-order valence-electron chi connectivity index (χ0n) is 17.4. The summed E-state index contributed by atoms with van der Waals surface area (Å²) in [6.07, 6.45) is 4.80. The first-order valence-electron chi connectivity index (χ1n) is 10.5. The summed E-state index contributed by atoms with van der Waals surface area (Å²) in [4.78, 5) is 17.1. The number of carbonyl (C=O) groups excluding carboxylic acids is 1. The number of ketones is 1. The van der Waals surface area contributed by atoms with Crippen molar-refractivity contribution in [1.82, 2.24) is 4.98 Å². The Kier molecular flexibility index (Phi) is 6.70. The van der Waals surface area contributed by atoms with Gasteiger partial charge in [0.15, 0.2) is 0 Å². The van der Waals surface area contributed by atoms with Gasteiger partial charge in [0.05, 0.1) is 12.5 Å². The van der Waals surface area contributed by atoms with Crippen LogP contribution in [-0.4, -0.2) is 23.9 Å². The Bertz CT molecular complexity index is 1140. The Hall–Kier alpha value is -3.50. The van der Waals surface area contributed by atoms with Crippen LogP contribution < -0.4 is 10.5 Å². The van der Waals surface area contributed by atoms with E-state index in [0.717, 1.165) is 34.1 Å². The first kappa shape index (κ1) is 20.8. The lowest BCUT2D eigenvalue weighted by atomic mass is 9.90. The van der Waals surface area contributed by atoms with Crippen LogP contribution in [0.4, 0.5) is 0 Å². The lowest BCUT2D eigenvalue weighted by Crippen LogP contribution is -2.23. The second-order valence-corrected chi connectivity index (χ2v) is 7.64. The van der Waals surface area contributed by atoms with Crippen LogP contribution in [0.1, 0.15) is 22.6 Å². The SMILES string of the molecule is NCC(C(=O)Cc1ccc2cnccc2c1)c1ccc(OCCc2ccccc2)cc1. The third-order valence-corrected chi connectivity index (χ3v) is 5.49. The molecule has 1 unspecified atom stereocenters. The minimum absolute atomic E-state index is 0.119. The zero-order chi connectivity index (χ0) is 21.5. The highest BCUT2D eigenvalue weighted by Gasteiger charge is 2.19. The van der Waals surface area contributed by atoms with Gasteiger partial charge in [-0.3, -0.25) is 9.78 Å². The van der Waals surface area contributed by atoms with E-state index in [1.54, 1.807) is 6.20 Å². The molecule has 1 aromatic heterocycles. The van der Waals surface area contributed by atoms with Crippen LogP contribution in [0.15, 0.2) is 91.3 Å². The molecular formula is C27H26N2O2. The van der Waals surface area contributed by atoms with Crippen molar-refractivity contribution < 1.29 is 9.53 Å². The molecule has 0 amide bonds. The molecule has 0 aliphatic heterocycles. The Morgan fingerprint density at radius 3 is 2.48 bits per heavy atom. The maximum absolute atomic E-state index is 13.0. The number of benzene rings is 3. The molecule has 156 valence electrons. The van der Waals surface area contributed by atoms with E-state index in [-0.39, 0.29) is 18.2 Å². The van der Waals surface area contributed by atoms with Crippen molar-refractivity contribution in [2.45, 2.75) is 18.8 Å². The first-order chi connectivity index (χ1) is 15.2. The van der Waals surface area contributed by atoms with E-state index in [4.69, 9.17) is 10.5 Å². The molecule has 4 rings (SSSR count). The second kappa shape index (κ2) is 10.0. The van der Waals surface area contributed by atoms with Gasteiger partial charge in [0.25, 0.3) is 0 Å². The summed E-state index contributed by atoms with van der Waals surface area (Å²) in [5.41, 5.74) is 9.13. The number of Topliss-reactive ketones (excluding diaryl/α,β-unsaturated/α-hetero) is 1. The number of hydrogen-bond donors (Lipinski definition) is 1. The number of aromatic nitrogens is 1. The van der Waals surface area contributed by atoms with E-state index in [9.17, 15) is 4.79 Å². The van der Waals surface area contributed by atoms with Crippen molar-refractivity contribution in [3.05, 3.63) is 108 Å². The monoisotopic (exact) mass is 410 g/mol. The van der Waals surface area contributed by atoms with E-state index in [1.807, 2.05) is 72.9 Å². The van der Waals surface area contributed by atoms with Crippen molar-refractivity contribution in [1.29, 1.82) is 0 Å². The number of ether oxygens (including phenoxy) is 1. The molecule has 0 bridgehead atoms. The molecule has 31 heavy (non-hydrogen) atoms. The smallest absolute Gasteiger partial charge is 0.145 e. The summed E-state index contributed by atoms with van der Waals surface area (Å²) in [6, 6.07) is 26.0. The van der Waals surface area contributed by atoms with E-state index in [2.05, 4.69) is 17.1 Å². The van der Waals surface area contributed by atoms with Crippen LogP contribution in [-0.2, 0) is 17.6 Å². The molecule has 4 heteroatoms. The fourth-order valence-corrected chi connectivity index (χ4v) is 3.75. The topological polar surface area (TPSA) is 65.2 Å². The van der Waals surface area contributed by atoms with Gasteiger partial charge in [0, 0.05) is 37.2 Å². The van der Waals surface area contributed by atoms with E-state index in [0.29, 0.717) is 13.0 Å². The summed E-state index contributed by atoms with van der Waals surface area (Å²) in [6.45, 7) is 0.893. The molecule has 0 radical (unpaired) electrons. The first-order valence-corrected chi connectivity index (χ1v) is 10.5. The second-order valence-electron chi connectivity index (χ2n) is 7.64. The number of nitrogens with two attached hydrogens (primary N) is 1. The lowest BCUT2D eigenvalue weighted by Gasteiger charge is -2.15. The molecule has 2 N–H and O–H groups in total. The molecule has 3 aromatic carbocycles. The van der Waals surface area contributed by atoms with Gasteiger partial charge in [-0.25, -0.2) is 0 Å². The third-order valence-electron chi connectivity index (χ3n) is 5.49.